The van der Waals surface area contributed by atoms with E-state index in [0.717, 1.165) is 6.42 Å². The predicted molar refractivity (Wildman–Crippen MR) is 82.3 cm³/mol. The Morgan fingerprint density at radius 2 is 1.70 bits per heavy atom. The number of allylic oxidation sites excluding steroid dienone is 2. The van der Waals surface area contributed by atoms with Gasteiger partial charge in [0.05, 0.1) is 5.92 Å². The Kier molecular flexibility index (Phi) is 8.24. The highest BCUT2D eigenvalue weighted by molar-refractivity contribution is 6.03. The first-order valence-corrected chi connectivity index (χ1v) is 8.12. The van der Waals surface area contributed by atoms with Gasteiger partial charge in [0.25, 0.3) is 0 Å². The minimum Gasteiger partial charge on any atom is -0.285 e. The van der Waals surface area contributed by atoms with Crippen LogP contribution in [-0.4, -0.2) is 23.8 Å². The van der Waals surface area contributed by atoms with Crippen molar-refractivity contribution in [1.29, 1.82) is 0 Å². The fourth-order valence-corrected chi connectivity index (χ4v) is 2.61. The molecule has 0 bridgehead atoms. The van der Waals surface area contributed by atoms with E-state index in [-0.39, 0.29) is 17.7 Å². The molecule has 1 fully saturated rings. The minimum absolute atomic E-state index is 0.0180. The van der Waals surface area contributed by atoms with Gasteiger partial charge in [-0.1, -0.05) is 57.6 Å². The molecule has 0 aromatic rings. The Hall–Kier alpha value is -1.12. The van der Waals surface area contributed by atoms with Gasteiger partial charge in [-0.3, -0.25) is 14.5 Å². The number of carbonyl (C=O) groups excluding carboxylic acids is 2. The number of likely N-dealkylation sites (tertiary alicyclic amines) is 1. The third-order valence-electron chi connectivity index (χ3n) is 4.04. The maximum absolute atomic E-state index is 11.7. The lowest BCUT2D eigenvalue weighted by atomic mass is 10.0. The number of nitrogens with zero attached hydrogens (tertiary/aromatic N) is 1. The number of unbranched alkanes of at least 4 members (excludes halogenated alkanes) is 7. The average molecular weight is 279 g/mol. The molecule has 3 nitrogen and oxygen atoms in total. The second kappa shape index (κ2) is 9.73. The summed E-state index contributed by atoms with van der Waals surface area (Å²) in [4.78, 5) is 24.3. The van der Waals surface area contributed by atoms with Crippen LogP contribution in [0.3, 0.4) is 0 Å². The maximum Gasteiger partial charge on any atom is 0.232 e. The summed E-state index contributed by atoms with van der Waals surface area (Å²) in [5, 5.41) is 0. The van der Waals surface area contributed by atoms with Crippen molar-refractivity contribution in [3.63, 3.8) is 0 Å². The molecule has 2 amide bonds. The zero-order valence-corrected chi connectivity index (χ0v) is 13.1. The predicted octanol–water partition coefficient (Wildman–Crippen LogP) is 4.08. The van der Waals surface area contributed by atoms with Crippen LogP contribution in [0.4, 0.5) is 0 Å². The smallest absolute Gasteiger partial charge is 0.232 e. The van der Waals surface area contributed by atoms with E-state index in [1.54, 1.807) is 7.05 Å². The molecule has 1 heterocycles. The Labute approximate surface area is 123 Å². The van der Waals surface area contributed by atoms with Gasteiger partial charge in [-0.05, 0) is 19.3 Å². The Balaban J connectivity index is 2.00. The second-order valence-corrected chi connectivity index (χ2v) is 5.81. The van der Waals surface area contributed by atoms with Crippen LogP contribution >= 0.6 is 0 Å². The van der Waals surface area contributed by atoms with Gasteiger partial charge in [0.2, 0.25) is 11.8 Å². The molecule has 20 heavy (non-hydrogen) atoms. The van der Waals surface area contributed by atoms with E-state index in [1.807, 2.05) is 0 Å². The maximum atomic E-state index is 11.7. The van der Waals surface area contributed by atoms with Gasteiger partial charge in [-0.15, -0.1) is 0 Å². The summed E-state index contributed by atoms with van der Waals surface area (Å²) in [5.41, 5.74) is 0. The van der Waals surface area contributed by atoms with Crippen LogP contribution in [0.1, 0.15) is 71.1 Å². The van der Waals surface area contributed by atoms with Crippen molar-refractivity contribution in [3.8, 4) is 0 Å². The van der Waals surface area contributed by atoms with Crippen LogP contribution in [0, 0.1) is 5.92 Å². The standard InChI is InChI=1S/C17H29NO2/c1-3-4-5-6-7-8-9-10-11-12-13-15-14-16(19)18(2)17(15)20/h11-12,15H,3-10,13-14H2,1-2H3/b12-11-. The molecular formula is C17H29NO2. The number of hydrogen-bond acceptors (Lipinski definition) is 2. The van der Waals surface area contributed by atoms with Crippen molar-refractivity contribution in [2.75, 3.05) is 7.05 Å². The molecule has 0 aliphatic carbocycles. The number of imide groups is 1. The lowest BCUT2D eigenvalue weighted by Gasteiger charge is -2.06. The van der Waals surface area contributed by atoms with E-state index in [4.69, 9.17) is 0 Å². The summed E-state index contributed by atoms with van der Waals surface area (Å²) in [7, 11) is 1.58. The van der Waals surface area contributed by atoms with E-state index in [2.05, 4.69) is 19.1 Å². The molecule has 0 spiro atoms. The minimum atomic E-state index is -0.113. The second-order valence-electron chi connectivity index (χ2n) is 5.81. The highest BCUT2D eigenvalue weighted by atomic mass is 16.2. The molecule has 1 atom stereocenters. The van der Waals surface area contributed by atoms with E-state index >= 15 is 0 Å². The van der Waals surface area contributed by atoms with Crippen LogP contribution in [-0.2, 0) is 9.59 Å². The fraction of sp³-hybridized carbons (Fsp3) is 0.765. The average Bonchev–Trinajstić information content (AvgIpc) is 2.68. The molecule has 1 aliphatic heterocycles. The zero-order chi connectivity index (χ0) is 14.8. The van der Waals surface area contributed by atoms with Crippen LogP contribution in [0.2, 0.25) is 0 Å². The molecule has 0 saturated carbocycles. The fourth-order valence-electron chi connectivity index (χ4n) is 2.61. The summed E-state index contributed by atoms with van der Waals surface area (Å²) < 4.78 is 0. The molecule has 114 valence electrons. The summed E-state index contributed by atoms with van der Waals surface area (Å²) in [6, 6.07) is 0. The number of amides is 2. The van der Waals surface area contributed by atoms with E-state index < -0.39 is 0 Å². The molecular weight excluding hydrogens is 250 g/mol. The quantitative estimate of drug-likeness (QED) is 0.343. The van der Waals surface area contributed by atoms with Crippen molar-refractivity contribution in [2.45, 2.75) is 71.1 Å². The Bertz CT molecular complexity index is 336. The molecule has 0 aromatic heterocycles. The molecule has 0 N–H and O–H groups in total. The van der Waals surface area contributed by atoms with Crippen LogP contribution in [0.25, 0.3) is 0 Å². The summed E-state index contributed by atoms with van der Waals surface area (Å²) in [6.07, 6.45) is 15.7. The van der Waals surface area contributed by atoms with Crippen molar-refractivity contribution < 1.29 is 9.59 Å². The summed E-state index contributed by atoms with van der Waals surface area (Å²) >= 11 is 0. The third-order valence-corrected chi connectivity index (χ3v) is 4.04. The van der Waals surface area contributed by atoms with Gasteiger partial charge in [0.15, 0.2) is 0 Å². The lowest BCUT2D eigenvalue weighted by Crippen LogP contribution is -2.25. The van der Waals surface area contributed by atoms with Crippen LogP contribution in [0.15, 0.2) is 12.2 Å². The van der Waals surface area contributed by atoms with Crippen LogP contribution in [0.5, 0.6) is 0 Å². The number of carbonyl (C=O) groups is 2. The number of rotatable bonds is 10. The highest BCUT2D eigenvalue weighted by Crippen LogP contribution is 2.21. The zero-order valence-electron chi connectivity index (χ0n) is 13.1. The Morgan fingerprint density at radius 1 is 1.05 bits per heavy atom. The van der Waals surface area contributed by atoms with Crippen molar-refractivity contribution in [1.82, 2.24) is 4.90 Å². The first kappa shape index (κ1) is 16.9. The van der Waals surface area contributed by atoms with Gasteiger partial charge >= 0.3 is 0 Å². The Morgan fingerprint density at radius 3 is 2.30 bits per heavy atom. The summed E-state index contributed by atoms with van der Waals surface area (Å²) in [6.45, 7) is 2.24. The molecule has 1 rings (SSSR count). The molecule has 0 aromatic carbocycles. The first-order chi connectivity index (χ1) is 9.66. The van der Waals surface area contributed by atoms with E-state index in [0.29, 0.717) is 12.8 Å². The van der Waals surface area contributed by atoms with Crippen molar-refractivity contribution in [3.05, 3.63) is 12.2 Å². The monoisotopic (exact) mass is 279 g/mol. The topological polar surface area (TPSA) is 37.4 Å². The van der Waals surface area contributed by atoms with E-state index in [1.165, 1.54) is 49.8 Å². The SMILES string of the molecule is CCCCCCCCC/C=C\CC1CC(=O)N(C)C1=O. The van der Waals surface area contributed by atoms with Crippen LogP contribution < -0.4 is 0 Å². The largest absolute Gasteiger partial charge is 0.285 e. The molecule has 0 radical (unpaired) electrons. The molecule has 1 aliphatic rings. The van der Waals surface area contributed by atoms with Gasteiger partial charge in [-0.25, -0.2) is 0 Å². The van der Waals surface area contributed by atoms with Gasteiger partial charge < -0.3 is 0 Å². The molecule has 1 unspecified atom stereocenters. The van der Waals surface area contributed by atoms with Gasteiger partial charge in [0, 0.05) is 13.5 Å². The molecule has 1 saturated heterocycles. The normalized spacial score (nSPS) is 19.5. The summed E-state index contributed by atoms with van der Waals surface area (Å²) in [5.74, 6) is -0.172. The first-order valence-electron chi connectivity index (χ1n) is 8.12. The van der Waals surface area contributed by atoms with Gasteiger partial charge in [0.1, 0.15) is 0 Å². The molecule has 3 heteroatoms. The lowest BCUT2D eigenvalue weighted by molar-refractivity contribution is -0.137. The van der Waals surface area contributed by atoms with E-state index in [9.17, 15) is 9.59 Å². The van der Waals surface area contributed by atoms with Crippen molar-refractivity contribution in [2.24, 2.45) is 5.92 Å². The van der Waals surface area contributed by atoms with Gasteiger partial charge in [-0.2, -0.15) is 0 Å². The highest BCUT2D eigenvalue weighted by Gasteiger charge is 2.34. The third kappa shape index (κ3) is 5.89. The number of hydrogen-bond donors (Lipinski definition) is 0. The van der Waals surface area contributed by atoms with Crippen molar-refractivity contribution >= 4 is 11.8 Å².